The zero-order valence-corrected chi connectivity index (χ0v) is 18.7. The second-order valence-corrected chi connectivity index (χ2v) is 8.85. The standard InChI is InChI=1S/C25H22FN5OS/c1-2-16-8-14-20(15-9-16)27-24(32)22-21(17-10-12-19(26)13-11-17)30-31-23(28-29-25(31)33-22)18-6-4-3-5-7-18/h3-15,21-22,30H,2H2,1H3,(H,27,32)/t21-,22-/m1/s1. The number of carbonyl (C=O) groups is 1. The lowest BCUT2D eigenvalue weighted by molar-refractivity contribution is -0.116. The minimum absolute atomic E-state index is 0.165. The fourth-order valence-electron chi connectivity index (χ4n) is 3.79. The second-order valence-electron chi connectivity index (χ2n) is 7.74. The van der Waals surface area contributed by atoms with Crippen LogP contribution < -0.4 is 10.7 Å². The Labute approximate surface area is 195 Å². The summed E-state index contributed by atoms with van der Waals surface area (Å²) in [6.07, 6.45) is 0.933. The van der Waals surface area contributed by atoms with Crippen LogP contribution >= 0.6 is 11.8 Å². The molecule has 0 unspecified atom stereocenters. The van der Waals surface area contributed by atoms with Gasteiger partial charge < -0.3 is 10.7 Å². The number of benzene rings is 3. The zero-order chi connectivity index (χ0) is 22.8. The Balaban J connectivity index is 1.48. The number of nitrogens with zero attached hydrogens (tertiary/aromatic N) is 3. The van der Waals surface area contributed by atoms with Gasteiger partial charge in [-0.1, -0.05) is 73.3 Å². The monoisotopic (exact) mass is 459 g/mol. The molecule has 3 aromatic carbocycles. The molecule has 4 aromatic rings. The number of aryl methyl sites for hydroxylation is 1. The molecule has 5 rings (SSSR count). The number of hydrogen-bond donors (Lipinski definition) is 2. The maximum atomic E-state index is 13.6. The molecule has 6 nitrogen and oxygen atoms in total. The maximum Gasteiger partial charge on any atom is 0.240 e. The first-order valence-corrected chi connectivity index (χ1v) is 11.6. The van der Waals surface area contributed by atoms with Crippen molar-refractivity contribution in [2.45, 2.75) is 29.8 Å². The summed E-state index contributed by atoms with van der Waals surface area (Å²) in [5.41, 5.74) is 7.03. The predicted molar refractivity (Wildman–Crippen MR) is 128 cm³/mol. The van der Waals surface area contributed by atoms with Crippen molar-refractivity contribution in [2.75, 3.05) is 10.7 Å². The first-order valence-electron chi connectivity index (χ1n) is 10.7. The lowest BCUT2D eigenvalue weighted by Gasteiger charge is -2.33. The summed E-state index contributed by atoms with van der Waals surface area (Å²) in [5.74, 6) is 0.162. The number of aromatic nitrogens is 3. The maximum absolute atomic E-state index is 13.6. The van der Waals surface area contributed by atoms with Crippen molar-refractivity contribution >= 4 is 23.4 Å². The summed E-state index contributed by atoms with van der Waals surface area (Å²) < 4.78 is 15.4. The van der Waals surface area contributed by atoms with Crippen LogP contribution in [0, 0.1) is 5.82 Å². The minimum atomic E-state index is -0.540. The molecule has 0 aliphatic carbocycles. The van der Waals surface area contributed by atoms with Crippen LogP contribution in [0.4, 0.5) is 10.1 Å². The molecular weight excluding hydrogens is 437 g/mol. The van der Waals surface area contributed by atoms with Gasteiger partial charge in [-0.3, -0.25) is 4.79 Å². The second kappa shape index (κ2) is 9.07. The average molecular weight is 460 g/mol. The van der Waals surface area contributed by atoms with E-state index in [0.29, 0.717) is 11.0 Å². The summed E-state index contributed by atoms with van der Waals surface area (Å²) >= 11 is 1.34. The topological polar surface area (TPSA) is 71.8 Å². The van der Waals surface area contributed by atoms with E-state index < -0.39 is 11.3 Å². The van der Waals surface area contributed by atoms with E-state index in [1.165, 1.54) is 29.5 Å². The number of nitrogens with one attached hydrogen (secondary N) is 2. The molecule has 0 saturated carbocycles. The lowest BCUT2D eigenvalue weighted by atomic mass is 10.0. The third-order valence-corrected chi connectivity index (χ3v) is 6.80. The lowest BCUT2D eigenvalue weighted by Crippen LogP contribution is -2.41. The van der Waals surface area contributed by atoms with E-state index in [9.17, 15) is 9.18 Å². The summed E-state index contributed by atoms with van der Waals surface area (Å²) in [6.45, 7) is 2.09. The first kappa shape index (κ1) is 21.2. The van der Waals surface area contributed by atoms with Gasteiger partial charge in [-0.25, -0.2) is 9.07 Å². The Hall–Kier alpha value is -3.65. The average Bonchev–Trinajstić information content (AvgIpc) is 3.28. The van der Waals surface area contributed by atoms with Crippen LogP contribution in [0.3, 0.4) is 0 Å². The Bertz CT molecular complexity index is 1260. The predicted octanol–water partition coefficient (Wildman–Crippen LogP) is 5.04. The van der Waals surface area contributed by atoms with Gasteiger partial charge in [-0.05, 0) is 41.8 Å². The SMILES string of the molecule is CCc1ccc(NC(=O)[C@@H]2Sc3nnc(-c4ccccc4)n3N[C@@H]2c2ccc(F)cc2)cc1. The molecule has 1 aliphatic rings. The Morgan fingerprint density at radius 3 is 2.45 bits per heavy atom. The minimum Gasteiger partial charge on any atom is -0.325 e. The van der Waals surface area contributed by atoms with Gasteiger partial charge in [-0.15, -0.1) is 10.2 Å². The van der Waals surface area contributed by atoms with Crippen molar-refractivity contribution < 1.29 is 9.18 Å². The van der Waals surface area contributed by atoms with Crippen molar-refractivity contribution in [2.24, 2.45) is 0 Å². The molecule has 0 radical (unpaired) electrons. The number of carbonyl (C=O) groups excluding carboxylic acids is 1. The van der Waals surface area contributed by atoms with Crippen molar-refractivity contribution in [3.05, 3.63) is 95.8 Å². The number of amides is 1. The summed E-state index contributed by atoms with van der Waals surface area (Å²) in [6, 6.07) is 23.3. The van der Waals surface area contributed by atoms with Crippen LogP contribution in [-0.4, -0.2) is 26.0 Å². The van der Waals surface area contributed by atoms with E-state index in [1.807, 2.05) is 54.6 Å². The van der Waals surface area contributed by atoms with E-state index in [0.717, 1.165) is 23.2 Å². The molecule has 0 fully saturated rings. The summed E-state index contributed by atoms with van der Waals surface area (Å²) in [4.78, 5) is 13.4. The highest BCUT2D eigenvalue weighted by Crippen LogP contribution is 2.39. The molecule has 2 heterocycles. The number of anilines is 1. The molecule has 8 heteroatoms. The van der Waals surface area contributed by atoms with Crippen LogP contribution in [0.5, 0.6) is 0 Å². The Morgan fingerprint density at radius 1 is 1.03 bits per heavy atom. The van der Waals surface area contributed by atoms with E-state index in [1.54, 1.807) is 16.8 Å². The number of fused-ring (bicyclic) bond motifs is 1. The van der Waals surface area contributed by atoms with Crippen molar-refractivity contribution in [3.8, 4) is 11.4 Å². The fourth-order valence-corrected chi connectivity index (χ4v) is 4.87. The molecular formula is C25H22FN5OS. The van der Waals surface area contributed by atoms with Crippen molar-refractivity contribution in [1.29, 1.82) is 0 Å². The van der Waals surface area contributed by atoms with Gasteiger partial charge in [0, 0.05) is 11.3 Å². The molecule has 1 amide bonds. The molecule has 0 spiro atoms. The highest BCUT2D eigenvalue weighted by Gasteiger charge is 2.38. The third-order valence-electron chi connectivity index (χ3n) is 5.59. The van der Waals surface area contributed by atoms with Crippen LogP contribution in [0.2, 0.25) is 0 Å². The van der Waals surface area contributed by atoms with Gasteiger partial charge in [0.25, 0.3) is 0 Å². The summed E-state index contributed by atoms with van der Waals surface area (Å²) in [7, 11) is 0. The molecule has 1 aromatic heterocycles. The quantitative estimate of drug-likeness (QED) is 0.437. The van der Waals surface area contributed by atoms with Crippen LogP contribution in [0.15, 0.2) is 84.0 Å². The van der Waals surface area contributed by atoms with E-state index >= 15 is 0 Å². The van der Waals surface area contributed by atoms with Gasteiger partial charge in [0.05, 0.1) is 6.04 Å². The highest BCUT2D eigenvalue weighted by molar-refractivity contribution is 8.00. The Kier molecular flexibility index (Phi) is 5.83. The zero-order valence-electron chi connectivity index (χ0n) is 17.9. The van der Waals surface area contributed by atoms with Gasteiger partial charge in [-0.2, -0.15) is 0 Å². The molecule has 0 saturated heterocycles. The number of rotatable bonds is 5. The van der Waals surface area contributed by atoms with E-state index in [4.69, 9.17) is 0 Å². The van der Waals surface area contributed by atoms with E-state index in [2.05, 4.69) is 27.9 Å². The highest BCUT2D eigenvalue weighted by atomic mass is 32.2. The van der Waals surface area contributed by atoms with Crippen molar-refractivity contribution in [1.82, 2.24) is 14.9 Å². The van der Waals surface area contributed by atoms with Gasteiger partial charge in [0.15, 0.2) is 5.82 Å². The molecule has 33 heavy (non-hydrogen) atoms. The smallest absolute Gasteiger partial charge is 0.240 e. The summed E-state index contributed by atoms with van der Waals surface area (Å²) in [5, 5.41) is 11.7. The molecule has 1 aliphatic heterocycles. The van der Waals surface area contributed by atoms with Gasteiger partial charge in [0.2, 0.25) is 11.1 Å². The molecule has 166 valence electrons. The van der Waals surface area contributed by atoms with Gasteiger partial charge >= 0.3 is 0 Å². The first-order chi connectivity index (χ1) is 16.1. The van der Waals surface area contributed by atoms with Crippen LogP contribution in [0.1, 0.15) is 24.1 Å². The molecule has 2 atom stereocenters. The van der Waals surface area contributed by atoms with Crippen LogP contribution in [-0.2, 0) is 11.2 Å². The van der Waals surface area contributed by atoms with E-state index in [-0.39, 0.29) is 11.7 Å². The van der Waals surface area contributed by atoms with Crippen LogP contribution in [0.25, 0.3) is 11.4 Å². The third kappa shape index (κ3) is 4.34. The number of thioether (sulfide) groups is 1. The number of hydrogen-bond acceptors (Lipinski definition) is 5. The number of halogens is 1. The largest absolute Gasteiger partial charge is 0.325 e. The fraction of sp³-hybridized carbons (Fsp3) is 0.160. The van der Waals surface area contributed by atoms with Gasteiger partial charge in [0.1, 0.15) is 11.1 Å². The normalized spacial score (nSPS) is 17.2. The molecule has 2 N–H and O–H groups in total. The Morgan fingerprint density at radius 2 is 1.76 bits per heavy atom. The van der Waals surface area contributed by atoms with Crippen molar-refractivity contribution in [3.63, 3.8) is 0 Å². The molecule has 0 bridgehead atoms.